The molecule has 1 aromatic carbocycles. The van der Waals surface area contributed by atoms with Gasteiger partial charge in [0.2, 0.25) is 5.91 Å². The average Bonchev–Trinajstić information content (AvgIpc) is 3.05. The second-order valence-electron chi connectivity index (χ2n) is 5.44. The molecular weight excluding hydrogens is 336 g/mol. The second-order valence-corrected chi connectivity index (χ2v) is 6.40. The molecule has 0 aliphatic heterocycles. The standard InChI is InChI=1S/C17H20N6OS/c1-3-22(4-2)14(24)11-25-17-15-16(18-12-19-17)23(21-20-15)10-13-8-6-5-7-9-13/h5-9,12H,3-4,10-11H2,1-2H3. The molecule has 130 valence electrons. The minimum atomic E-state index is 0.0958. The van der Waals surface area contributed by atoms with Crippen LogP contribution in [0.4, 0.5) is 0 Å². The first-order chi connectivity index (χ1) is 12.2. The molecule has 7 nitrogen and oxygen atoms in total. The molecule has 25 heavy (non-hydrogen) atoms. The lowest BCUT2D eigenvalue weighted by Gasteiger charge is -2.17. The van der Waals surface area contributed by atoms with Crippen LogP contribution in [0.2, 0.25) is 0 Å². The van der Waals surface area contributed by atoms with Crippen LogP contribution in [0.25, 0.3) is 11.2 Å². The van der Waals surface area contributed by atoms with Crippen LogP contribution in [0.3, 0.4) is 0 Å². The molecule has 0 saturated carbocycles. The molecule has 3 aromatic rings. The summed E-state index contributed by atoms with van der Waals surface area (Å²) in [5.41, 5.74) is 2.44. The number of hydrogen-bond acceptors (Lipinski definition) is 6. The van der Waals surface area contributed by atoms with E-state index in [9.17, 15) is 4.79 Å². The molecule has 0 atom stereocenters. The highest BCUT2D eigenvalue weighted by Gasteiger charge is 2.15. The minimum absolute atomic E-state index is 0.0958. The predicted octanol–water partition coefficient (Wildman–Crippen LogP) is 2.23. The van der Waals surface area contributed by atoms with Gasteiger partial charge in [0.05, 0.1) is 12.3 Å². The SMILES string of the molecule is CCN(CC)C(=O)CSc1ncnc2c1nnn2Cc1ccccc1. The van der Waals surface area contributed by atoms with E-state index in [1.54, 1.807) is 9.58 Å². The summed E-state index contributed by atoms with van der Waals surface area (Å²) in [5, 5.41) is 9.11. The van der Waals surface area contributed by atoms with E-state index in [1.807, 2.05) is 44.2 Å². The Morgan fingerprint density at radius 2 is 1.92 bits per heavy atom. The van der Waals surface area contributed by atoms with Crippen molar-refractivity contribution >= 4 is 28.8 Å². The quantitative estimate of drug-likeness (QED) is 0.477. The third-order valence-electron chi connectivity index (χ3n) is 3.89. The lowest BCUT2D eigenvalue weighted by Crippen LogP contribution is -2.31. The number of fused-ring (bicyclic) bond motifs is 1. The Morgan fingerprint density at radius 3 is 2.64 bits per heavy atom. The zero-order valence-electron chi connectivity index (χ0n) is 14.3. The minimum Gasteiger partial charge on any atom is -0.343 e. The van der Waals surface area contributed by atoms with Crippen molar-refractivity contribution in [1.29, 1.82) is 0 Å². The molecule has 0 aliphatic rings. The molecule has 0 spiro atoms. The maximum Gasteiger partial charge on any atom is 0.232 e. The van der Waals surface area contributed by atoms with E-state index >= 15 is 0 Å². The Balaban J connectivity index is 1.78. The highest BCUT2D eigenvalue weighted by molar-refractivity contribution is 8.00. The Bertz CT molecular complexity index is 847. The number of carbonyl (C=O) groups excluding carboxylic acids is 1. The molecule has 1 amide bonds. The van der Waals surface area contributed by atoms with Crippen LogP contribution in [0.1, 0.15) is 19.4 Å². The topological polar surface area (TPSA) is 76.8 Å². The van der Waals surface area contributed by atoms with Crippen molar-refractivity contribution in [3.8, 4) is 0 Å². The number of aromatic nitrogens is 5. The van der Waals surface area contributed by atoms with Gasteiger partial charge in [0, 0.05) is 13.1 Å². The second kappa shape index (κ2) is 8.06. The maximum absolute atomic E-state index is 12.2. The molecule has 0 unspecified atom stereocenters. The Hall–Kier alpha value is -2.48. The van der Waals surface area contributed by atoms with Gasteiger partial charge in [-0.3, -0.25) is 4.79 Å². The van der Waals surface area contributed by atoms with Gasteiger partial charge in [-0.2, -0.15) is 0 Å². The Labute approximate surface area is 150 Å². The fourth-order valence-electron chi connectivity index (χ4n) is 2.54. The van der Waals surface area contributed by atoms with Gasteiger partial charge in [0.15, 0.2) is 11.2 Å². The van der Waals surface area contributed by atoms with Crippen molar-refractivity contribution in [1.82, 2.24) is 29.9 Å². The van der Waals surface area contributed by atoms with E-state index in [0.717, 1.165) is 5.56 Å². The number of carbonyl (C=O) groups is 1. The highest BCUT2D eigenvalue weighted by atomic mass is 32.2. The molecule has 3 rings (SSSR count). The third-order valence-corrected chi connectivity index (χ3v) is 4.85. The van der Waals surface area contributed by atoms with Crippen LogP contribution >= 0.6 is 11.8 Å². The number of benzene rings is 1. The van der Waals surface area contributed by atoms with E-state index in [1.165, 1.54) is 18.1 Å². The molecule has 0 fully saturated rings. The lowest BCUT2D eigenvalue weighted by molar-refractivity contribution is -0.127. The fourth-order valence-corrected chi connectivity index (χ4v) is 3.37. The summed E-state index contributed by atoms with van der Waals surface area (Å²) < 4.78 is 1.75. The molecule has 0 aliphatic carbocycles. The maximum atomic E-state index is 12.2. The normalized spacial score (nSPS) is 11.0. The van der Waals surface area contributed by atoms with Crippen LogP contribution < -0.4 is 0 Å². The van der Waals surface area contributed by atoms with Gasteiger partial charge >= 0.3 is 0 Å². The van der Waals surface area contributed by atoms with Gasteiger partial charge in [-0.05, 0) is 19.4 Å². The van der Waals surface area contributed by atoms with E-state index in [2.05, 4.69) is 20.3 Å². The van der Waals surface area contributed by atoms with E-state index in [4.69, 9.17) is 0 Å². The number of amides is 1. The van der Waals surface area contributed by atoms with Gasteiger partial charge in [-0.1, -0.05) is 47.3 Å². The first-order valence-corrected chi connectivity index (χ1v) is 9.20. The average molecular weight is 356 g/mol. The number of hydrogen-bond donors (Lipinski definition) is 0. The number of thioether (sulfide) groups is 1. The van der Waals surface area contributed by atoms with Crippen molar-refractivity contribution < 1.29 is 4.79 Å². The lowest BCUT2D eigenvalue weighted by atomic mass is 10.2. The monoisotopic (exact) mass is 356 g/mol. The molecule has 0 bridgehead atoms. The van der Waals surface area contributed by atoms with Crippen molar-refractivity contribution in [3.05, 3.63) is 42.2 Å². The summed E-state index contributed by atoms with van der Waals surface area (Å²) in [6, 6.07) is 10.0. The first kappa shape index (κ1) is 17.3. The summed E-state index contributed by atoms with van der Waals surface area (Å²) in [6.07, 6.45) is 1.50. The predicted molar refractivity (Wildman–Crippen MR) is 97.3 cm³/mol. The number of rotatable bonds is 7. The molecule has 2 aromatic heterocycles. The van der Waals surface area contributed by atoms with Crippen molar-refractivity contribution in [2.24, 2.45) is 0 Å². The molecule has 2 heterocycles. The van der Waals surface area contributed by atoms with E-state index < -0.39 is 0 Å². The summed E-state index contributed by atoms with van der Waals surface area (Å²) >= 11 is 1.38. The van der Waals surface area contributed by atoms with E-state index in [0.29, 0.717) is 41.6 Å². The third kappa shape index (κ3) is 3.96. The molecule has 8 heteroatoms. The van der Waals surface area contributed by atoms with Crippen LogP contribution in [-0.2, 0) is 11.3 Å². The Morgan fingerprint density at radius 1 is 1.16 bits per heavy atom. The summed E-state index contributed by atoms with van der Waals surface area (Å²) in [7, 11) is 0. The van der Waals surface area contributed by atoms with Crippen molar-refractivity contribution in [2.75, 3.05) is 18.8 Å². The highest BCUT2D eigenvalue weighted by Crippen LogP contribution is 2.23. The van der Waals surface area contributed by atoms with Crippen molar-refractivity contribution in [2.45, 2.75) is 25.4 Å². The molecule has 0 N–H and O–H groups in total. The van der Waals surface area contributed by atoms with Crippen LogP contribution in [-0.4, -0.2) is 54.6 Å². The van der Waals surface area contributed by atoms with Crippen molar-refractivity contribution in [3.63, 3.8) is 0 Å². The molecular formula is C17H20N6OS. The smallest absolute Gasteiger partial charge is 0.232 e. The first-order valence-electron chi connectivity index (χ1n) is 8.21. The largest absolute Gasteiger partial charge is 0.343 e. The van der Waals surface area contributed by atoms with Gasteiger partial charge in [0.1, 0.15) is 11.4 Å². The fraction of sp³-hybridized carbons (Fsp3) is 0.353. The zero-order chi connectivity index (χ0) is 17.6. The van der Waals surface area contributed by atoms with E-state index in [-0.39, 0.29) is 5.91 Å². The Kier molecular flexibility index (Phi) is 5.60. The molecule has 0 saturated heterocycles. The van der Waals surface area contributed by atoms with Crippen LogP contribution in [0, 0.1) is 0 Å². The van der Waals surface area contributed by atoms with Gasteiger partial charge in [-0.15, -0.1) is 5.10 Å². The van der Waals surface area contributed by atoms with Gasteiger partial charge in [-0.25, -0.2) is 14.6 Å². The van der Waals surface area contributed by atoms with Gasteiger partial charge < -0.3 is 4.90 Å². The van der Waals surface area contributed by atoms with Crippen LogP contribution in [0.5, 0.6) is 0 Å². The van der Waals surface area contributed by atoms with Gasteiger partial charge in [0.25, 0.3) is 0 Å². The summed E-state index contributed by atoms with van der Waals surface area (Å²) in [4.78, 5) is 22.6. The summed E-state index contributed by atoms with van der Waals surface area (Å²) in [6.45, 7) is 5.97. The molecule has 0 radical (unpaired) electrons. The zero-order valence-corrected chi connectivity index (χ0v) is 15.1. The van der Waals surface area contributed by atoms with Crippen LogP contribution in [0.15, 0.2) is 41.7 Å². The summed E-state index contributed by atoms with van der Waals surface area (Å²) in [5.74, 6) is 0.428. The number of nitrogens with zero attached hydrogens (tertiary/aromatic N) is 6.